The number of nitrogens with zero attached hydrogens (tertiary/aromatic N) is 1. The standard InChI is InChI=1S/C19H18N2O2S/c22-24(23)20-19(14-21(24)13-15-6-2-1-3-7-15)18-11-10-16-8-4-5-9-17(16)12-18/h1-12,19-20H,13-14H2. The number of benzene rings is 3. The van der Waals surface area contributed by atoms with Crippen molar-refractivity contribution >= 4 is 21.0 Å². The molecule has 4 nitrogen and oxygen atoms in total. The second kappa shape index (κ2) is 6.02. The lowest BCUT2D eigenvalue weighted by Gasteiger charge is -2.13. The summed E-state index contributed by atoms with van der Waals surface area (Å²) in [4.78, 5) is 0. The maximum Gasteiger partial charge on any atom is 0.280 e. The molecule has 122 valence electrons. The molecule has 0 spiro atoms. The highest BCUT2D eigenvalue weighted by Crippen LogP contribution is 2.27. The first-order valence-corrected chi connectivity index (χ1v) is 9.36. The molecule has 0 aromatic heterocycles. The zero-order chi connectivity index (χ0) is 16.6. The van der Waals surface area contributed by atoms with Crippen LogP contribution in [-0.4, -0.2) is 19.3 Å². The summed E-state index contributed by atoms with van der Waals surface area (Å²) in [5, 5.41) is 2.28. The second-order valence-electron chi connectivity index (χ2n) is 6.06. The molecule has 1 unspecified atom stereocenters. The zero-order valence-corrected chi connectivity index (χ0v) is 13.9. The third-order valence-corrected chi connectivity index (χ3v) is 5.94. The molecule has 1 heterocycles. The predicted molar refractivity (Wildman–Crippen MR) is 95.6 cm³/mol. The van der Waals surface area contributed by atoms with Crippen molar-refractivity contribution in [2.75, 3.05) is 6.54 Å². The van der Waals surface area contributed by atoms with E-state index in [1.807, 2.05) is 60.7 Å². The molecule has 5 heteroatoms. The van der Waals surface area contributed by atoms with E-state index in [1.165, 1.54) is 4.31 Å². The van der Waals surface area contributed by atoms with E-state index in [1.54, 1.807) is 0 Å². The van der Waals surface area contributed by atoms with Gasteiger partial charge in [0.05, 0.1) is 6.04 Å². The van der Waals surface area contributed by atoms with Crippen LogP contribution in [0.15, 0.2) is 72.8 Å². The average molecular weight is 338 g/mol. The molecule has 1 atom stereocenters. The molecule has 0 aliphatic carbocycles. The number of fused-ring (bicyclic) bond motifs is 1. The molecule has 1 N–H and O–H groups in total. The monoisotopic (exact) mass is 338 g/mol. The number of hydrogen-bond acceptors (Lipinski definition) is 2. The third-order valence-electron chi connectivity index (χ3n) is 4.39. The van der Waals surface area contributed by atoms with Crippen LogP contribution in [0.2, 0.25) is 0 Å². The fraction of sp³-hybridized carbons (Fsp3) is 0.158. The van der Waals surface area contributed by atoms with Crippen molar-refractivity contribution in [2.45, 2.75) is 12.6 Å². The summed E-state index contributed by atoms with van der Waals surface area (Å²) in [6.45, 7) is 0.829. The molecule has 24 heavy (non-hydrogen) atoms. The van der Waals surface area contributed by atoms with Crippen LogP contribution in [0.25, 0.3) is 10.8 Å². The Hall–Kier alpha value is -2.21. The third kappa shape index (κ3) is 2.94. The van der Waals surface area contributed by atoms with E-state index in [0.717, 1.165) is 21.9 Å². The van der Waals surface area contributed by atoms with Gasteiger partial charge in [-0.1, -0.05) is 66.7 Å². The predicted octanol–water partition coefficient (Wildman–Crippen LogP) is 3.23. The minimum atomic E-state index is -3.45. The summed E-state index contributed by atoms with van der Waals surface area (Å²) in [5.41, 5.74) is 1.98. The lowest BCUT2D eigenvalue weighted by atomic mass is 10.0. The van der Waals surface area contributed by atoms with E-state index in [9.17, 15) is 8.42 Å². The Morgan fingerprint density at radius 1 is 0.917 bits per heavy atom. The number of nitrogens with one attached hydrogen (secondary N) is 1. The number of rotatable bonds is 3. The maximum atomic E-state index is 12.4. The van der Waals surface area contributed by atoms with Crippen molar-refractivity contribution in [3.8, 4) is 0 Å². The topological polar surface area (TPSA) is 49.4 Å². The van der Waals surface area contributed by atoms with Crippen LogP contribution in [0.5, 0.6) is 0 Å². The molecule has 4 rings (SSSR count). The first-order chi connectivity index (χ1) is 11.6. The smallest absolute Gasteiger partial charge is 0.195 e. The second-order valence-corrected chi connectivity index (χ2v) is 7.76. The normalized spacial score (nSPS) is 20.4. The largest absolute Gasteiger partial charge is 0.280 e. The van der Waals surface area contributed by atoms with Crippen LogP contribution >= 0.6 is 0 Å². The summed E-state index contributed by atoms with van der Waals surface area (Å²) in [5.74, 6) is 0. The van der Waals surface area contributed by atoms with E-state index in [4.69, 9.17) is 0 Å². The van der Waals surface area contributed by atoms with Crippen molar-refractivity contribution in [1.29, 1.82) is 0 Å². The summed E-state index contributed by atoms with van der Waals surface area (Å²) in [6, 6.07) is 23.6. The van der Waals surface area contributed by atoms with Gasteiger partial charge in [0, 0.05) is 13.1 Å². The van der Waals surface area contributed by atoms with Crippen molar-refractivity contribution in [3.05, 3.63) is 83.9 Å². The fourth-order valence-corrected chi connectivity index (χ4v) is 4.51. The van der Waals surface area contributed by atoms with E-state index in [2.05, 4.69) is 16.9 Å². The Balaban J connectivity index is 1.61. The Bertz CT molecular complexity index is 971. The molecular formula is C19H18N2O2S. The van der Waals surface area contributed by atoms with Gasteiger partial charge in [0.25, 0.3) is 10.2 Å². The molecule has 1 aliphatic heterocycles. The molecule has 1 aliphatic rings. The van der Waals surface area contributed by atoms with Crippen LogP contribution in [0.3, 0.4) is 0 Å². The molecule has 0 saturated carbocycles. The molecule has 1 fully saturated rings. The van der Waals surface area contributed by atoms with E-state index in [0.29, 0.717) is 13.1 Å². The highest BCUT2D eigenvalue weighted by atomic mass is 32.2. The zero-order valence-electron chi connectivity index (χ0n) is 13.1. The van der Waals surface area contributed by atoms with Crippen molar-refractivity contribution in [1.82, 2.24) is 9.03 Å². The van der Waals surface area contributed by atoms with Gasteiger partial charge in [-0.2, -0.15) is 17.4 Å². The van der Waals surface area contributed by atoms with E-state index in [-0.39, 0.29) is 6.04 Å². The summed E-state index contributed by atoms with van der Waals surface area (Å²) in [6.07, 6.45) is 0. The maximum absolute atomic E-state index is 12.4. The Labute approximate surface area is 141 Å². The minimum absolute atomic E-state index is 0.219. The molecule has 3 aromatic carbocycles. The van der Waals surface area contributed by atoms with Crippen LogP contribution < -0.4 is 4.72 Å². The van der Waals surface area contributed by atoms with Gasteiger partial charge in [0.2, 0.25) is 0 Å². The average Bonchev–Trinajstić information content (AvgIpc) is 2.90. The van der Waals surface area contributed by atoms with Gasteiger partial charge in [-0.15, -0.1) is 0 Å². The van der Waals surface area contributed by atoms with E-state index >= 15 is 0 Å². The summed E-state index contributed by atoms with van der Waals surface area (Å²) in [7, 11) is -3.45. The van der Waals surface area contributed by atoms with Gasteiger partial charge < -0.3 is 0 Å². The highest BCUT2D eigenvalue weighted by Gasteiger charge is 2.35. The molecule has 0 amide bonds. The van der Waals surface area contributed by atoms with Crippen molar-refractivity contribution < 1.29 is 8.42 Å². The minimum Gasteiger partial charge on any atom is -0.195 e. The molecule has 3 aromatic rings. The SMILES string of the molecule is O=S1(=O)NC(c2ccc3ccccc3c2)CN1Cc1ccccc1. The van der Waals surface area contributed by atoms with Gasteiger partial charge in [-0.05, 0) is 28.0 Å². The Kier molecular flexibility index (Phi) is 3.84. The Morgan fingerprint density at radius 2 is 1.62 bits per heavy atom. The first-order valence-electron chi connectivity index (χ1n) is 7.92. The number of hydrogen-bond donors (Lipinski definition) is 1. The van der Waals surface area contributed by atoms with Crippen molar-refractivity contribution in [2.24, 2.45) is 0 Å². The van der Waals surface area contributed by atoms with Crippen LogP contribution in [0.4, 0.5) is 0 Å². The van der Waals surface area contributed by atoms with E-state index < -0.39 is 10.2 Å². The molecule has 0 bridgehead atoms. The summed E-state index contributed by atoms with van der Waals surface area (Å²) >= 11 is 0. The fourth-order valence-electron chi connectivity index (χ4n) is 3.13. The van der Waals surface area contributed by atoms with Crippen LogP contribution in [0, 0.1) is 0 Å². The highest BCUT2D eigenvalue weighted by molar-refractivity contribution is 7.87. The molecule has 1 saturated heterocycles. The van der Waals surface area contributed by atoms with Gasteiger partial charge >= 0.3 is 0 Å². The first kappa shape index (κ1) is 15.3. The van der Waals surface area contributed by atoms with Gasteiger partial charge in [-0.25, -0.2) is 0 Å². The van der Waals surface area contributed by atoms with Gasteiger partial charge in [0.1, 0.15) is 0 Å². The molecular weight excluding hydrogens is 320 g/mol. The Morgan fingerprint density at radius 3 is 2.42 bits per heavy atom. The van der Waals surface area contributed by atoms with Crippen LogP contribution in [0.1, 0.15) is 17.2 Å². The summed E-state index contributed by atoms with van der Waals surface area (Å²) < 4.78 is 29.1. The quantitative estimate of drug-likeness (QED) is 0.797. The van der Waals surface area contributed by atoms with Gasteiger partial charge in [0.15, 0.2) is 0 Å². The lowest BCUT2D eigenvalue weighted by molar-refractivity contribution is 0.425. The van der Waals surface area contributed by atoms with Crippen molar-refractivity contribution in [3.63, 3.8) is 0 Å². The lowest BCUT2D eigenvalue weighted by Crippen LogP contribution is -2.29. The van der Waals surface area contributed by atoms with Crippen LogP contribution in [-0.2, 0) is 16.8 Å². The molecule has 0 radical (unpaired) electrons. The van der Waals surface area contributed by atoms with Gasteiger partial charge in [-0.3, -0.25) is 0 Å².